The van der Waals surface area contributed by atoms with Crippen molar-refractivity contribution in [3.8, 4) is 0 Å². The van der Waals surface area contributed by atoms with Crippen molar-refractivity contribution >= 4 is 11.9 Å². The fourth-order valence-electron chi connectivity index (χ4n) is 0.809. The number of carbonyl (C=O) groups is 1. The zero-order valence-electron chi connectivity index (χ0n) is 7.76. The molecule has 0 saturated carbocycles. The molecule has 0 rings (SSSR count). The number of hydrogen-bond acceptors (Lipinski definition) is 2. The van der Waals surface area contributed by atoms with Crippen LogP contribution in [-0.2, 0) is 4.79 Å². The zero-order chi connectivity index (χ0) is 10.3. The number of amides is 1. The first kappa shape index (κ1) is 11.5. The van der Waals surface area contributed by atoms with Gasteiger partial charge in [-0.3, -0.25) is 10.2 Å². The predicted octanol–water partition coefficient (Wildman–Crippen LogP) is 0.0289. The Hall–Kier alpha value is -1.52. The number of carbonyl (C=O) groups excluding carboxylic acids is 1. The molecule has 0 aromatic rings. The lowest BCUT2D eigenvalue weighted by atomic mass is 10.2. The first-order valence-corrected chi connectivity index (χ1v) is 4.19. The molecule has 74 valence electrons. The van der Waals surface area contributed by atoms with Crippen molar-refractivity contribution in [1.29, 1.82) is 5.41 Å². The quantitative estimate of drug-likeness (QED) is 0.209. The highest BCUT2D eigenvalue weighted by Gasteiger charge is 2.03. The molecule has 0 fully saturated rings. The van der Waals surface area contributed by atoms with Crippen LogP contribution < -0.4 is 16.8 Å². The van der Waals surface area contributed by atoms with Gasteiger partial charge in [0.05, 0.1) is 0 Å². The lowest BCUT2D eigenvalue weighted by Gasteiger charge is -2.04. The smallest absolute Gasteiger partial charge is 0.264 e. The second-order valence-corrected chi connectivity index (χ2v) is 2.66. The number of rotatable bonds is 5. The molecule has 5 nitrogen and oxygen atoms in total. The maximum atomic E-state index is 10.8. The largest absolute Gasteiger partial charge is 0.370 e. The standard InChI is InChI=1S/C8H16N4O/c1-2-3-4-5-6(7(9)13)12-8(10)11/h5H,2-4H2,1H3,(H2,9,13)(H4,10,11,12)/b6-5+. The van der Waals surface area contributed by atoms with E-state index in [0.717, 1.165) is 19.3 Å². The van der Waals surface area contributed by atoms with E-state index in [1.807, 2.05) is 0 Å². The summed E-state index contributed by atoms with van der Waals surface area (Å²) in [4.78, 5) is 10.8. The van der Waals surface area contributed by atoms with Gasteiger partial charge in [0, 0.05) is 0 Å². The Kier molecular flexibility index (Phi) is 5.34. The van der Waals surface area contributed by atoms with Gasteiger partial charge in [0.15, 0.2) is 5.96 Å². The molecule has 0 aromatic heterocycles. The Bertz CT molecular complexity index is 222. The van der Waals surface area contributed by atoms with Crippen LogP contribution in [0.3, 0.4) is 0 Å². The van der Waals surface area contributed by atoms with Crippen LogP contribution in [0.15, 0.2) is 11.8 Å². The normalized spacial score (nSPS) is 11.0. The zero-order valence-corrected chi connectivity index (χ0v) is 7.76. The molecule has 0 unspecified atom stereocenters. The molecule has 1 amide bonds. The van der Waals surface area contributed by atoms with Crippen molar-refractivity contribution < 1.29 is 4.79 Å². The molecular formula is C8H16N4O. The maximum absolute atomic E-state index is 10.8. The van der Waals surface area contributed by atoms with Crippen molar-refractivity contribution in [3.05, 3.63) is 11.8 Å². The summed E-state index contributed by atoms with van der Waals surface area (Å²) < 4.78 is 0. The third kappa shape index (κ3) is 5.72. The van der Waals surface area contributed by atoms with Crippen LogP contribution in [-0.4, -0.2) is 11.9 Å². The number of nitrogens with one attached hydrogen (secondary N) is 2. The van der Waals surface area contributed by atoms with Crippen LogP contribution in [0, 0.1) is 5.41 Å². The molecule has 0 aliphatic heterocycles. The van der Waals surface area contributed by atoms with E-state index in [0.29, 0.717) is 0 Å². The Labute approximate surface area is 77.7 Å². The van der Waals surface area contributed by atoms with Gasteiger partial charge in [0.2, 0.25) is 0 Å². The molecule has 13 heavy (non-hydrogen) atoms. The molecule has 0 atom stereocenters. The highest BCUT2D eigenvalue weighted by Crippen LogP contribution is 1.98. The van der Waals surface area contributed by atoms with Gasteiger partial charge in [0.25, 0.3) is 5.91 Å². The Morgan fingerprint density at radius 3 is 2.54 bits per heavy atom. The maximum Gasteiger partial charge on any atom is 0.264 e. The number of unbranched alkanes of at least 4 members (excludes halogenated alkanes) is 2. The minimum absolute atomic E-state index is 0.195. The molecule has 0 saturated heterocycles. The summed E-state index contributed by atoms with van der Waals surface area (Å²) in [5.41, 5.74) is 10.3. The van der Waals surface area contributed by atoms with Crippen molar-refractivity contribution in [2.45, 2.75) is 26.2 Å². The Balaban J connectivity index is 4.15. The van der Waals surface area contributed by atoms with E-state index in [1.54, 1.807) is 6.08 Å². The fraction of sp³-hybridized carbons (Fsp3) is 0.500. The molecule has 0 radical (unpaired) electrons. The third-order valence-corrected chi connectivity index (χ3v) is 1.44. The van der Waals surface area contributed by atoms with E-state index in [4.69, 9.17) is 16.9 Å². The highest BCUT2D eigenvalue weighted by atomic mass is 16.1. The molecule has 0 heterocycles. The van der Waals surface area contributed by atoms with E-state index >= 15 is 0 Å². The van der Waals surface area contributed by atoms with Gasteiger partial charge in [-0.25, -0.2) is 0 Å². The van der Waals surface area contributed by atoms with Gasteiger partial charge in [-0.1, -0.05) is 19.4 Å². The molecule has 0 aliphatic carbocycles. The SMILES string of the molecule is CCCC/C=C(/NC(=N)N)C(N)=O. The van der Waals surface area contributed by atoms with Gasteiger partial charge in [0.1, 0.15) is 5.70 Å². The molecule has 0 spiro atoms. The van der Waals surface area contributed by atoms with Crippen molar-refractivity contribution in [3.63, 3.8) is 0 Å². The molecule has 0 aromatic carbocycles. The van der Waals surface area contributed by atoms with E-state index in [9.17, 15) is 4.79 Å². The van der Waals surface area contributed by atoms with Gasteiger partial charge in [-0.05, 0) is 12.8 Å². The first-order chi connectivity index (χ1) is 6.07. The van der Waals surface area contributed by atoms with E-state index in [-0.39, 0.29) is 11.7 Å². The van der Waals surface area contributed by atoms with Gasteiger partial charge in [-0.2, -0.15) is 0 Å². The fourth-order valence-corrected chi connectivity index (χ4v) is 0.809. The summed E-state index contributed by atoms with van der Waals surface area (Å²) >= 11 is 0. The average molecular weight is 184 g/mol. The molecule has 5 heteroatoms. The Morgan fingerprint density at radius 2 is 2.15 bits per heavy atom. The highest BCUT2D eigenvalue weighted by molar-refractivity contribution is 5.95. The summed E-state index contributed by atoms with van der Waals surface area (Å²) in [6.07, 6.45) is 4.45. The number of hydrogen-bond donors (Lipinski definition) is 4. The lowest BCUT2D eigenvalue weighted by molar-refractivity contribution is -0.114. The van der Waals surface area contributed by atoms with E-state index < -0.39 is 5.91 Å². The van der Waals surface area contributed by atoms with Crippen LogP contribution >= 0.6 is 0 Å². The Morgan fingerprint density at radius 1 is 1.54 bits per heavy atom. The van der Waals surface area contributed by atoms with Gasteiger partial charge < -0.3 is 16.8 Å². The summed E-state index contributed by atoms with van der Waals surface area (Å²) in [6.45, 7) is 2.05. The molecule has 0 bridgehead atoms. The topological polar surface area (TPSA) is 105 Å². The third-order valence-electron chi connectivity index (χ3n) is 1.44. The van der Waals surface area contributed by atoms with Crippen LogP contribution in [0.5, 0.6) is 0 Å². The van der Waals surface area contributed by atoms with Crippen molar-refractivity contribution in [1.82, 2.24) is 5.32 Å². The lowest BCUT2D eigenvalue weighted by Crippen LogP contribution is -2.35. The van der Waals surface area contributed by atoms with Crippen molar-refractivity contribution in [2.75, 3.05) is 0 Å². The molecule has 6 N–H and O–H groups in total. The number of primary amides is 1. The minimum atomic E-state index is -0.591. The van der Waals surface area contributed by atoms with Gasteiger partial charge >= 0.3 is 0 Å². The number of allylic oxidation sites excluding steroid dienone is 1. The summed E-state index contributed by atoms with van der Waals surface area (Å²) in [7, 11) is 0. The van der Waals surface area contributed by atoms with Crippen LogP contribution in [0.2, 0.25) is 0 Å². The average Bonchev–Trinajstić information content (AvgIpc) is 2.02. The summed E-state index contributed by atoms with van der Waals surface area (Å²) in [5.74, 6) is -0.868. The van der Waals surface area contributed by atoms with Gasteiger partial charge in [-0.15, -0.1) is 0 Å². The predicted molar refractivity (Wildman–Crippen MR) is 51.9 cm³/mol. The molecular weight excluding hydrogens is 168 g/mol. The number of guanidine groups is 1. The van der Waals surface area contributed by atoms with Crippen LogP contribution in [0.1, 0.15) is 26.2 Å². The van der Waals surface area contributed by atoms with Crippen LogP contribution in [0.25, 0.3) is 0 Å². The van der Waals surface area contributed by atoms with E-state index in [2.05, 4.69) is 12.2 Å². The monoisotopic (exact) mass is 184 g/mol. The van der Waals surface area contributed by atoms with E-state index in [1.165, 1.54) is 0 Å². The minimum Gasteiger partial charge on any atom is -0.370 e. The summed E-state index contributed by atoms with van der Waals surface area (Å²) in [6, 6.07) is 0. The number of nitrogens with two attached hydrogens (primary N) is 2. The second-order valence-electron chi connectivity index (χ2n) is 2.66. The summed E-state index contributed by atoms with van der Waals surface area (Å²) in [5, 5.41) is 9.30. The second kappa shape index (κ2) is 6.05. The molecule has 0 aliphatic rings. The first-order valence-electron chi connectivity index (χ1n) is 4.19. The van der Waals surface area contributed by atoms with Crippen LogP contribution in [0.4, 0.5) is 0 Å². The van der Waals surface area contributed by atoms with Crippen molar-refractivity contribution in [2.24, 2.45) is 11.5 Å².